The van der Waals surface area contributed by atoms with Crippen molar-refractivity contribution in [1.82, 2.24) is 40.4 Å². The third-order valence-electron chi connectivity index (χ3n) is 6.17. The van der Waals surface area contributed by atoms with Gasteiger partial charge in [-0.15, -0.1) is 0 Å². The van der Waals surface area contributed by atoms with Gasteiger partial charge in [-0.05, 0) is 13.0 Å². The van der Waals surface area contributed by atoms with Crippen molar-refractivity contribution in [3.05, 3.63) is 47.7 Å². The first-order valence-corrected chi connectivity index (χ1v) is 11.9. The number of carbonyl (C=O) groups excluding carboxylic acids is 1. The number of rotatable bonds is 8. The van der Waals surface area contributed by atoms with Crippen molar-refractivity contribution in [2.24, 2.45) is 7.05 Å². The van der Waals surface area contributed by atoms with Crippen molar-refractivity contribution in [3.8, 4) is 0 Å². The minimum absolute atomic E-state index is 0.148. The van der Waals surface area contributed by atoms with E-state index in [1.54, 1.807) is 23.3 Å². The average molecular weight is 494 g/mol. The highest BCUT2D eigenvalue weighted by Crippen LogP contribution is 2.32. The number of hydrazine groups is 1. The van der Waals surface area contributed by atoms with E-state index in [1.165, 1.54) is 0 Å². The topological polar surface area (TPSA) is 137 Å². The number of hydrogen-bond donors (Lipinski definition) is 4. The SMILES string of the molecule is Cc1ncc(C(=O)NCCN2CCOCC2)cc1NC1NN(C)c2nc(Nc3cnn(C)c3)ncc21. The number of aromatic nitrogens is 5. The highest BCUT2D eigenvalue weighted by Gasteiger charge is 2.29. The number of nitrogens with zero attached hydrogens (tertiary/aromatic N) is 7. The van der Waals surface area contributed by atoms with E-state index in [1.807, 2.05) is 38.3 Å². The second-order valence-electron chi connectivity index (χ2n) is 8.83. The number of nitrogens with one attached hydrogen (secondary N) is 4. The predicted octanol–water partition coefficient (Wildman–Crippen LogP) is 0.784. The molecule has 0 aromatic carbocycles. The standard InChI is InChI=1S/C23H31N11O2/c1-15-19(10-16(11-25-15)22(35)24-4-5-34-6-8-36-9-7-34)29-20-18-13-26-23(30-21(18)33(3)31-20)28-17-12-27-32(2)14-17/h10-14,20,29,31H,4-9H2,1-3H3,(H,24,35)(H,26,28,30). The van der Waals surface area contributed by atoms with Crippen LogP contribution in [-0.4, -0.2) is 82.0 Å². The molecule has 2 aliphatic heterocycles. The summed E-state index contributed by atoms with van der Waals surface area (Å²) in [5, 5.41) is 15.6. The van der Waals surface area contributed by atoms with Gasteiger partial charge in [0.25, 0.3) is 5.91 Å². The molecule has 36 heavy (non-hydrogen) atoms. The lowest BCUT2D eigenvalue weighted by atomic mass is 10.2. The number of ether oxygens (including phenoxy) is 1. The van der Waals surface area contributed by atoms with Gasteiger partial charge in [-0.1, -0.05) is 0 Å². The number of anilines is 4. The Kier molecular flexibility index (Phi) is 6.93. The molecule has 3 aromatic heterocycles. The van der Waals surface area contributed by atoms with Gasteiger partial charge >= 0.3 is 0 Å². The molecular formula is C23H31N11O2. The first kappa shape index (κ1) is 23.9. The predicted molar refractivity (Wildman–Crippen MR) is 135 cm³/mol. The van der Waals surface area contributed by atoms with E-state index in [4.69, 9.17) is 4.74 Å². The molecule has 1 amide bonds. The van der Waals surface area contributed by atoms with Crippen molar-refractivity contribution in [3.63, 3.8) is 0 Å². The molecule has 0 radical (unpaired) electrons. The third-order valence-corrected chi connectivity index (χ3v) is 6.17. The Morgan fingerprint density at radius 3 is 2.81 bits per heavy atom. The maximum Gasteiger partial charge on any atom is 0.252 e. The molecular weight excluding hydrogens is 462 g/mol. The summed E-state index contributed by atoms with van der Waals surface area (Å²) in [6, 6.07) is 1.82. The first-order valence-electron chi connectivity index (χ1n) is 11.9. The zero-order chi connectivity index (χ0) is 25.1. The highest BCUT2D eigenvalue weighted by molar-refractivity contribution is 5.94. The fourth-order valence-corrected chi connectivity index (χ4v) is 4.18. The molecule has 3 aromatic rings. The summed E-state index contributed by atoms with van der Waals surface area (Å²) in [6.45, 7) is 6.55. The van der Waals surface area contributed by atoms with Crippen LogP contribution in [0.25, 0.3) is 0 Å². The van der Waals surface area contributed by atoms with Crippen LogP contribution in [0.3, 0.4) is 0 Å². The molecule has 5 heterocycles. The molecule has 1 unspecified atom stereocenters. The molecule has 1 atom stereocenters. The van der Waals surface area contributed by atoms with E-state index in [9.17, 15) is 4.79 Å². The van der Waals surface area contributed by atoms with Crippen molar-refractivity contribution in [2.45, 2.75) is 13.1 Å². The second kappa shape index (κ2) is 10.4. The number of pyridine rings is 1. The molecule has 0 spiro atoms. The smallest absolute Gasteiger partial charge is 0.252 e. The maximum absolute atomic E-state index is 12.7. The highest BCUT2D eigenvalue weighted by atomic mass is 16.5. The van der Waals surface area contributed by atoms with Gasteiger partial charge in [0.15, 0.2) is 5.82 Å². The summed E-state index contributed by atoms with van der Waals surface area (Å²) in [5.41, 5.74) is 7.08. The molecule has 4 N–H and O–H groups in total. The monoisotopic (exact) mass is 493 g/mol. The van der Waals surface area contributed by atoms with Crippen molar-refractivity contribution >= 4 is 29.0 Å². The summed E-state index contributed by atoms with van der Waals surface area (Å²) in [4.78, 5) is 28.6. The van der Waals surface area contributed by atoms with E-state index in [0.29, 0.717) is 18.1 Å². The molecule has 13 nitrogen and oxygen atoms in total. The van der Waals surface area contributed by atoms with Crippen LogP contribution in [0.5, 0.6) is 0 Å². The summed E-state index contributed by atoms with van der Waals surface area (Å²) in [5.74, 6) is 1.08. The Morgan fingerprint density at radius 2 is 2.03 bits per heavy atom. The number of fused-ring (bicyclic) bond motifs is 1. The Morgan fingerprint density at radius 1 is 1.19 bits per heavy atom. The quantitative estimate of drug-likeness (QED) is 0.354. The molecule has 0 aliphatic carbocycles. The molecule has 5 rings (SSSR count). The summed E-state index contributed by atoms with van der Waals surface area (Å²) in [7, 11) is 3.74. The number of morpholine rings is 1. The Balaban J connectivity index is 1.24. The fourth-order valence-electron chi connectivity index (χ4n) is 4.18. The van der Waals surface area contributed by atoms with E-state index >= 15 is 0 Å². The normalized spacial score (nSPS) is 17.6. The van der Waals surface area contributed by atoms with Gasteiger partial charge < -0.3 is 20.7 Å². The van der Waals surface area contributed by atoms with Crippen LogP contribution in [-0.2, 0) is 11.8 Å². The van der Waals surface area contributed by atoms with Crippen molar-refractivity contribution in [1.29, 1.82) is 0 Å². The van der Waals surface area contributed by atoms with Crippen LogP contribution in [0.15, 0.2) is 30.9 Å². The number of hydrogen-bond acceptors (Lipinski definition) is 11. The van der Waals surface area contributed by atoms with E-state index in [-0.39, 0.29) is 12.1 Å². The minimum Gasteiger partial charge on any atom is -0.379 e. The summed E-state index contributed by atoms with van der Waals surface area (Å²) in [6.07, 6.45) is 6.67. The lowest BCUT2D eigenvalue weighted by Crippen LogP contribution is -2.41. The zero-order valence-electron chi connectivity index (χ0n) is 20.7. The van der Waals surface area contributed by atoms with Crippen LogP contribution in [0.1, 0.15) is 27.8 Å². The Labute approximate surface area is 209 Å². The van der Waals surface area contributed by atoms with Crippen LogP contribution >= 0.6 is 0 Å². The second-order valence-corrected chi connectivity index (χ2v) is 8.83. The minimum atomic E-state index is -0.280. The molecule has 13 heteroatoms. The van der Waals surface area contributed by atoms with Crippen LogP contribution in [0, 0.1) is 6.92 Å². The van der Waals surface area contributed by atoms with Gasteiger partial charge in [-0.2, -0.15) is 10.1 Å². The van der Waals surface area contributed by atoms with Crippen LogP contribution in [0.4, 0.5) is 23.1 Å². The Bertz CT molecular complexity index is 1220. The maximum atomic E-state index is 12.7. The molecule has 1 saturated heterocycles. The van der Waals surface area contributed by atoms with Crippen LogP contribution < -0.4 is 26.4 Å². The lowest BCUT2D eigenvalue weighted by molar-refractivity contribution is 0.0383. The molecule has 190 valence electrons. The molecule has 1 fully saturated rings. The summed E-state index contributed by atoms with van der Waals surface area (Å²) < 4.78 is 7.07. The molecule has 0 saturated carbocycles. The van der Waals surface area contributed by atoms with Gasteiger partial charge in [-0.25, -0.2) is 10.4 Å². The van der Waals surface area contributed by atoms with E-state index < -0.39 is 0 Å². The van der Waals surface area contributed by atoms with E-state index in [0.717, 1.165) is 61.3 Å². The van der Waals surface area contributed by atoms with Gasteiger partial charge in [0.2, 0.25) is 5.95 Å². The third kappa shape index (κ3) is 5.37. The molecule has 2 aliphatic rings. The fraction of sp³-hybridized carbons (Fsp3) is 0.435. The first-order chi connectivity index (χ1) is 17.5. The number of carbonyl (C=O) groups is 1. The largest absolute Gasteiger partial charge is 0.379 e. The number of amides is 1. The van der Waals surface area contributed by atoms with Crippen molar-refractivity contribution in [2.75, 3.05) is 62.1 Å². The van der Waals surface area contributed by atoms with Gasteiger partial charge in [0.05, 0.1) is 47.6 Å². The Hall–Kier alpha value is -3.81. The zero-order valence-corrected chi connectivity index (χ0v) is 20.7. The van der Waals surface area contributed by atoms with Crippen LogP contribution in [0.2, 0.25) is 0 Å². The van der Waals surface area contributed by atoms with Crippen molar-refractivity contribution < 1.29 is 9.53 Å². The van der Waals surface area contributed by atoms with Gasteiger partial charge in [-0.3, -0.25) is 24.4 Å². The van der Waals surface area contributed by atoms with Gasteiger partial charge in [0.1, 0.15) is 6.17 Å². The van der Waals surface area contributed by atoms with Gasteiger partial charge in [0, 0.05) is 58.9 Å². The van der Waals surface area contributed by atoms with E-state index in [2.05, 4.69) is 46.3 Å². The lowest BCUT2D eigenvalue weighted by Gasteiger charge is -2.26. The summed E-state index contributed by atoms with van der Waals surface area (Å²) >= 11 is 0. The molecule has 0 bridgehead atoms. The average Bonchev–Trinajstić information content (AvgIpc) is 3.43. The number of aryl methyl sites for hydroxylation is 2.